The fourth-order valence-electron chi connectivity index (χ4n) is 2.39. The smallest absolute Gasteiger partial charge is 0.250 e. The summed E-state index contributed by atoms with van der Waals surface area (Å²) in [5.74, 6) is 0.143. The van der Waals surface area contributed by atoms with E-state index < -0.39 is 5.91 Å². The fourth-order valence-corrected chi connectivity index (χ4v) is 2.39. The van der Waals surface area contributed by atoms with Crippen LogP contribution < -0.4 is 16.8 Å². The molecule has 1 aliphatic carbocycles. The van der Waals surface area contributed by atoms with Crippen LogP contribution >= 0.6 is 0 Å². The number of hydrogen-bond donors (Lipinski definition) is 3. The lowest BCUT2D eigenvalue weighted by atomic mass is 9.67. The van der Waals surface area contributed by atoms with Crippen LogP contribution in [0, 0.1) is 5.41 Å². The van der Waals surface area contributed by atoms with E-state index in [0.29, 0.717) is 22.5 Å². The molecule has 2 rings (SSSR count). The van der Waals surface area contributed by atoms with Gasteiger partial charge < -0.3 is 16.8 Å². The number of nitrogens with one attached hydrogen (secondary N) is 1. The number of carbonyl (C=O) groups excluding carboxylic acids is 1. The third kappa shape index (κ3) is 2.39. The van der Waals surface area contributed by atoms with Gasteiger partial charge in [-0.05, 0) is 30.7 Å². The van der Waals surface area contributed by atoms with Crippen molar-refractivity contribution in [2.45, 2.75) is 32.6 Å². The Morgan fingerprint density at radius 3 is 2.78 bits per heavy atom. The van der Waals surface area contributed by atoms with Gasteiger partial charge in [-0.3, -0.25) is 4.79 Å². The zero-order valence-electron chi connectivity index (χ0n) is 10.7. The summed E-state index contributed by atoms with van der Waals surface area (Å²) >= 11 is 0. The van der Waals surface area contributed by atoms with Crippen molar-refractivity contribution >= 4 is 17.4 Å². The highest BCUT2D eigenvalue weighted by Gasteiger charge is 2.34. The number of amides is 1. The number of nitrogen functional groups attached to an aromatic ring is 1. The highest BCUT2D eigenvalue weighted by molar-refractivity contribution is 5.98. The molecular formula is C13H20N4O. The number of rotatable bonds is 5. The van der Waals surface area contributed by atoms with Gasteiger partial charge in [-0.25, -0.2) is 4.98 Å². The third-order valence-electron chi connectivity index (χ3n) is 4.01. The standard InChI is InChI=1S/C13H20N4O/c1-2-13(4-3-5-13)8-17-11-6-9(12(15)18)10(14)7-16-11/h6-7H,2-5,8,14H2,1H3,(H2,15,18)(H,16,17). The van der Waals surface area contributed by atoms with Crippen LogP contribution in [0.5, 0.6) is 0 Å². The summed E-state index contributed by atoms with van der Waals surface area (Å²) in [4.78, 5) is 15.4. The van der Waals surface area contributed by atoms with Crippen molar-refractivity contribution in [3.8, 4) is 0 Å². The molecular weight excluding hydrogens is 228 g/mol. The van der Waals surface area contributed by atoms with E-state index in [9.17, 15) is 4.79 Å². The Morgan fingerprint density at radius 1 is 1.56 bits per heavy atom. The number of aromatic nitrogens is 1. The fraction of sp³-hybridized carbons (Fsp3) is 0.538. The third-order valence-corrected chi connectivity index (χ3v) is 4.01. The molecule has 1 aromatic rings. The first-order chi connectivity index (χ1) is 8.56. The number of anilines is 2. The molecule has 1 heterocycles. The van der Waals surface area contributed by atoms with Gasteiger partial charge in [0.2, 0.25) is 0 Å². The summed E-state index contributed by atoms with van der Waals surface area (Å²) in [7, 11) is 0. The van der Waals surface area contributed by atoms with Crippen molar-refractivity contribution < 1.29 is 4.79 Å². The normalized spacial score (nSPS) is 16.9. The van der Waals surface area contributed by atoms with Crippen LogP contribution in [-0.4, -0.2) is 17.4 Å². The van der Waals surface area contributed by atoms with Crippen LogP contribution in [0.4, 0.5) is 11.5 Å². The van der Waals surface area contributed by atoms with E-state index in [1.54, 1.807) is 6.07 Å². The molecule has 5 N–H and O–H groups in total. The molecule has 0 unspecified atom stereocenters. The van der Waals surface area contributed by atoms with Crippen molar-refractivity contribution in [2.75, 3.05) is 17.6 Å². The Balaban J connectivity index is 2.06. The monoisotopic (exact) mass is 248 g/mol. The van der Waals surface area contributed by atoms with Crippen LogP contribution in [0.15, 0.2) is 12.3 Å². The lowest BCUT2D eigenvalue weighted by molar-refractivity contribution is 0.100. The quantitative estimate of drug-likeness (QED) is 0.740. The number of pyridine rings is 1. The highest BCUT2D eigenvalue weighted by Crippen LogP contribution is 2.43. The SMILES string of the molecule is CCC1(CNc2cc(C(N)=O)c(N)cn2)CCC1. The van der Waals surface area contributed by atoms with Gasteiger partial charge in [0.15, 0.2) is 0 Å². The van der Waals surface area contributed by atoms with E-state index in [2.05, 4.69) is 17.2 Å². The molecule has 0 aromatic carbocycles. The number of primary amides is 1. The van der Waals surface area contributed by atoms with Crippen LogP contribution in [-0.2, 0) is 0 Å². The van der Waals surface area contributed by atoms with E-state index in [0.717, 1.165) is 13.0 Å². The molecule has 18 heavy (non-hydrogen) atoms. The summed E-state index contributed by atoms with van der Waals surface area (Å²) < 4.78 is 0. The van der Waals surface area contributed by atoms with Crippen LogP contribution in [0.1, 0.15) is 43.0 Å². The van der Waals surface area contributed by atoms with Crippen LogP contribution in [0.3, 0.4) is 0 Å². The van der Waals surface area contributed by atoms with Crippen molar-refractivity contribution in [1.82, 2.24) is 4.98 Å². The van der Waals surface area contributed by atoms with Crippen molar-refractivity contribution in [1.29, 1.82) is 0 Å². The maximum absolute atomic E-state index is 11.2. The second-order valence-electron chi connectivity index (χ2n) is 5.08. The van der Waals surface area contributed by atoms with E-state index in [-0.39, 0.29) is 0 Å². The average Bonchev–Trinajstić information content (AvgIpc) is 2.30. The number of hydrogen-bond acceptors (Lipinski definition) is 4. The van der Waals surface area contributed by atoms with E-state index in [4.69, 9.17) is 11.5 Å². The van der Waals surface area contributed by atoms with E-state index in [1.807, 2.05) is 0 Å². The van der Waals surface area contributed by atoms with Gasteiger partial charge in [-0.1, -0.05) is 13.3 Å². The predicted octanol–water partition coefficient (Wildman–Crippen LogP) is 1.75. The molecule has 5 nitrogen and oxygen atoms in total. The lowest BCUT2D eigenvalue weighted by Gasteiger charge is -2.41. The highest BCUT2D eigenvalue weighted by atomic mass is 16.1. The van der Waals surface area contributed by atoms with Crippen molar-refractivity contribution in [2.24, 2.45) is 11.1 Å². The Hall–Kier alpha value is -1.78. The van der Waals surface area contributed by atoms with Gasteiger partial charge in [0, 0.05) is 6.54 Å². The van der Waals surface area contributed by atoms with Gasteiger partial charge in [0.1, 0.15) is 5.82 Å². The number of nitrogens with zero attached hydrogens (tertiary/aromatic N) is 1. The topological polar surface area (TPSA) is 94.0 Å². The summed E-state index contributed by atoms with van der Waals surface area (Å²) in [6.45, 7) is 3.10. The van der Waals surface area contributed by atoms with Gasteiger partial charge in [-0.15, -0.1) is 0 Å². The molecule has 5 heteroatoms. The lowest BCUT2D eigenvalue weighted by Crippen LogP contribution is -2.36. The number of carbonyl (C=O) groups is 1. The van der Waals surface area contributed by atoms with Crippen LogP contribution in [0.2, 0.25) is 0 Å². The molecule has 0 spiro atoms. The zero-order valence-corrected chi connectivity index (χ0v) is 10.7. The first-order valence-corrected chi connectivity index (χ1v) is 6.35. The van der Waals surface area contributed by atoms with Crippen LogP contribution in [0.25, 0.3) is 0 Å². The first kappa shape index (κ1) is 12.7. The van der Waals surface area contributed by atoms with Gasteiger partial charge in [-0.2, -0.15) is 0 Å². The maximum Gasteiger partial charge on any atom is 0.250 e. The molecule has 0 bridgehead atoms. The molecule has 1 amide bonds. The molecule has 0 saturated heterocycles. The van der Waals surface area contributed by atoms with Gasteiger partial charge >= 0.3 is 0 Å². The Labute approximate surface area is 107 Å². The largest absolute Gasteiger partial charge is 0.397 e. The zero-order chi connectivity index (χ0) is 13.2. The van der Waals surface area contributed by atoms with E-state index in [1.165, 1.54) is 25.5 Å². The van der Waals surface area contributed by atoms with E-state index >= 15 is 0 Å². The summed E-state index contributed by atoms with van der Waals surface area (Å²) in [5.41, 5.74) is 11.9. The van der Waals surface area contributed by atoms with Gasteiger partial charge in [0.05, 0.1) is 17.4 Å². The molecule has 0 aliphatic heterocycles. The van der Waals surface area contributed by atoms with Crippen molar-refractivity contribution in [3.05, 3.63) is 17.8 Å². The molecule has 0 radical (unpaired) electrons. The predicted molar refractivity (Wildman–Crippen MR) is 72.2 cm³/mol. The molecule has 0 atom stereocenters. The molecule has 1 aromatic heterocycles. The Kier molecular flexibility index (Phi) is 3.41. The minimum absolute atomic E-state index is 0.321. The molecule has 1 fully saturated rings. The summed E-state index contributed by atoms with van der Waals surface area (Å²) in [6, 6.07) is 1.62. The minimum Gasteiger partial charge on any atom is -0.397 e. The van der Waals surface area contributed by atoms with Crippen molar-refractivity contribution in [3.63, 3.8) is 0 Å². The maximum atomic E-state index is 11.2. The molecule has 1 aliphatic rings. The van der Waals surface area contributed by atoms with Gasteiger partial charge in [0.25, 0.3) is 5.91 Å². The second-order valence-corrected chi connectivity index (χ2v) is 5.08. The second kappa shape index (κ2) is 4.84. The Morgan fingerprint density at radius 2 is 2.28 bits per heavy atom. The minimum atomic E-state index is -0.521. The molecule has 98 valence electrons. The number of nitrogens with two attached hydrogens (primary N) is 2. The summed E-state index contributed by atoms with van der Waals surface area (Å²) in [6.07, 6.45) is 6.46. The molecule has 1 saturated carbocycles. The first-order valence-electron chi connectivity index (χ1n) is 6.35. The Bertz CT molecular complexity index is 449. The average molecular weight is 248 g/mol. The summed E-state index contributed by atoms with van der Waals surface area (Å²) in [5, 5.41) is 3.29.